The standard InChI is InChI=1S/C11H13P/c1-12-9-5-3-2-4-6-11(10-12)7-8-11/h2-6,9H,7-8H2,1H3/b3-2-,6-4-,9-5-. The van der Waals surface area contributed by atoms with Crippen molar-refractivity contribution in [3.8, 4) is 0 Å². The van der Waals surface area contributed by atoms with Gasteiger partial charge in [-0.2, -0.15) is 0 Å². The summed E-state index contributed by atoms with van der Waals surface area (Å²) in [7, 11) is -0.111. The predicted octanol–water partition coefficient (Wildman–Crippen LogP) is 3.56. The molecule has 62 valence electrons. The smallest absolute Gasteiger partial charge is 0.0261 e. The molecule has 0 aromatic carbocycles. The van der Waals surface area contributed by atoms with E-state index in [0.717, 1.165) is 0 Å². The van der Waals surface area contributed by atoms with E-state index >= 15 is 0 Å². The summed E-state index contributed by atoms with van der Waals surface area (Å²) in [4.78, 5) is 0. The maximum atomic E-state index is 3.66. The molecule has 1 aliphatic carbocycles. The lowest BCUT2D eigenvalue weighted by molar-refractivity contribution is 0.830. The highest BCUT2D eigenvalue weighted by molar-refractivity contribution is 7.62. The second-order valence-corrected chi connectivity index (χ2v) is 5.21. The fourth-order valence-electron chi connectivity index (χ4n) is 1.39. The number of rotatable bonds is 0. The molecule has 1 heteroatoms. The molecule has 0 N–H and O–H groups in total. The van der Waals surface area contributed by atoms with Crippen molar-refractivity contribution in [2.24, 2.45) is 5.41 Å². The molecule has 0 bridgehead atoms. The highest BCUT2D eigenvalue weighted by Gasteiger charge is 2.41. The van der Waals surface area contributed by atoms with Crippen molar-refractivity contribution in [1.29, 1.82) is 0 Å². The van der Waals surface area contributed by atoms with Crippen molar-refractivity contribution in [3.05, 3.63) is 42.4 Å². The molecular weight excluding hydrogens is 163 g/mol. The minimum absolute atomic E-state index is 0.111. The van der Waals surface area contributed by atoms with Crippen molar-refractivity contribution in [2.45, 2.75) is 12.8 Å². The van der Waals surface area contributed by atoms with E-state index in [1.165, 1.54) is 12.8 Å². The van der Waals surface area contributed by atoms with Gasteiger partial charge >= 0.3 is 0 Å². The molecule has 1 saturated carbocycles. The fourth-order valence-corrected chi connectivity index (χ4v) is 2.82. The molecule has 1 spiro atoms. The molecule has 12 heavy (non-hydrogen) atoms. The van der Waals surface area contributed by atoms with Gasteiger partial charge in [0.1, 0.15) is 0 Å². The summed E-state index contributed by atoms with van der Waals surface area (Å²) in [6.07, 6.45) is 17.0. The molecule has 0 aromatic heterocycles. The van der Waals surface area contributed by atoms with E-state index in [-0.39, 0.29) is 7.92 Å². The van der Waals surface area contributed by atoms with Crippen molar-refractivity contribution in [3.63, 3.8) is 0 Å². The third kappa shape index (κ3) is 1.87. The van der Waals surface area contributed by atoms with E-state index in [9.17, 15) is 0 Å². The second kappa shape index (κ2) is 3.18. The van der Waals surface area contributed by atoms with Crippen molar-refractivity contribution in [1.82, 2.24) is 0 Å². The molecule has 1 aliphatic heterocycles. The van der Waals surface area contributed by atoms with Gasteiger partial charge in [-0.3, -0.25) is 0 Å². The summed E-state index contributed by atoms with van der Waals surface area (Å²) in [5, 5.41) is 0. The molecule has 1 fully saturated rings. The normalized spacial score (nSPS) is 39.2. The van der Waals surface area contributed by atoms with Crippen LogP contribution in [0, 0.1) is 11.6 Å². The zero-order valence-corrected chi connectivity index (χ0v) is 8.22. The minimum Gasteiger partial charge on any atom is -0.0773 e. The predicted molar refractivity (Wildman–Crippen MR) is 55.2 cm³/mol. The monoisotopic (exact) mass is 176 g/mol. The lowest BCUT2D eigenvalue weighted by Crippen LogP contribution is -1.93. The van der Waals surface area contributed by atoms with E-state index < -0.39 is 0 Å². The number of allylic oxidation sites excluding steroid dienone is 5. The third-order valence-electron chi connectivity index (χ3n) is 2.25. The van der Waals surface area contributed by atoms with Crippen LogP contribution in [0.5, 0.6) is 0 Å². The summed E-state index contributed by atoms with van der Waals surface area (Å²) in [5.74, 6) is 2.26. The molecule has 2 aliphatic rings. The Balaban J connectivity index is 2.15. The summed E-state index contributed by atoms with van der Waals surface area (Å²) in [6.45, 7) is 2.26. The Morgan fingerprint density at radius 2 is 1.92 bits per heavy atom. The zero-order valence-electron chi connectivity index (χ0n) is 7.33. The Morgan fingerprint density at radius 3 is 2.67 bits per heavy atom. The summed E-state index contributed by atoms with van der Waals surface area (Å²) >= 11 is 0. The van der Waals surface area contributed by atoms with Crippen molar-refractivity contribution in [2.75, 3.05) is 6.66 Å². The fraction of sp³-hybridized carbons (Fsp3) is 0.364. The topological polar surface area (TPSA) is 0 Å². The van der Waals surface area contributed by atoms with Crippen LogP contribution < -0.4 is 0 Å². The van der Waals surface area contributed by atoms with Crippen molar-refractivity contribution < 1.29 is 0 Å². The van der Waals surface area contributed by atoms with Crippen LogP contribution in [0.2, 0.25) is 0 Å². The number of hydrogen-bond donors (Lipinski definition) is 0. The molecule has 1 heterocycles. The molecule has 1 unspecified atom stereocenters. The third-order valence-corrected chi connectivity index (χ3v) is 3.66. The van der Waals surface area contributed by atoms with Crippen LogP contribution in [0.4, 0.5) is 0 Å². The summed E-state index contributed by atoms with van der Waals surface area (Å²) < 4.78 is 0. The van der Waals surface area contributed by atoms with Crippen LogP contribution in [-0.4, -0.2) is 6.66 Å². The Kier molecular flexibility index (Phi) is 2.19. The maximum Gasteiger partial charge on any atom is 0.0261 e. The SMILES string of the molecule is CP1[C]C2(\C=C/C=C\C=C/1)CC2. The lowest BCUT2D eigenvalue weighted by Gasteiger charge is -2.11. The van der Waals surface area contributed by atoms with E-state index in [1.54, 1.807) is 0 Å². The van der Waals surface area contributed by atoms with E-state index in [0.29, 0.717) is 5.41 Å². The minimum atomic E-state index is -0.111. The van der Waals surface area contributed by atoms with Gasteiger partial charge in [-0.1, -0.05) is 44.1 Å². The molecule has 0 nitrogen and oxygen atoms in total. The van der Waals surface area contributed by atoms with Gasteiger partial charge in [0, 0.05) is 11.6 Å². The Labute approximate surface area is 75.8 Å². The number of hydrogen-bond acceptors (Lipinski definition) is 0. The van der Waals surface area contributed by atoms with Crippen LogP contribution in [0.3, 0.4) is 0 Å². The van der Waals surface area contributed by atoms with Gasteiger partial charge in [-0.05, 0) is 19.5 Å². The van der Waals surface area contributed by atoms with Crippen LogP contribution >= 0.6 is 7.92 Å². The molecule has 2 radical (unpaired) electrons. The van der Waals surface area contributed by atoms with E-state index in [1.807, 2.05) is 0 Å². The lowest BCUT2D eigenvalue weighted by atomic mass is 10.1. The van der Waals surface area contributed by atoms with Gasteiger partial charge in [0.05, 0.1) is 0 Å². The molecule has 0 amide bonds. The first-order valence-electron chi connectivity index (χ1n) is 4.34. The van der Waals surface area contributed by atoms with Crippen LogP contribution in [0.1, 0.15) is 12.8 Å². The maximum absolute atomic E-state index is 3.66. The van der Waals surface area contributed by atoms with Gasteiger partial charge < -0.3 is 0 Å². The second-order valence-electron chi connectivity index (χ2n) is 3.46. The molecule has 2 rings (SSSR count). The first-order valence-corrected chi connectivity index (χ1v) is 6.20. The highest BCUT2D eigenvalue weighted by Crippen LogP contribution is 2.59. The van der Waals surface area contributed by atoms with Crippen LogP contribution in [0.15, 0.2) is 36.2 Å². The van der Waals surface area contributed by atoms with Crippen LogP contribution in [0.25, 0.3) is 0 Å². The van der Waals surface area contributed by atoms with Gasteiger partial charge in [0.25, 0.3) is 0 Å². The Bertz CT molecular complexity index is 244. The van der Waals surface area contributed by atoms with Gasteiger partial charge in [-0.25, -0.2) is 0 Å². The van der Waals surface area contributed by atoms with Gasteiger partial charge in [0.15, 0.2) is 0 Å². The highest BCUT2D eigenvalue weighted by atomic mass is 31.1. The van der Waals surface area contributed by atoms with Crippen molar-refractivity contribution >= 4 is 7.92 Å². The molecule has 0 aromatic rings. The van der Waals surface area contributed by atoms with Gasteiger partial charge in [-0.15, -0.1) is 0 Å². The van der Waals surface area contributed by atoms with Gasteiger partial charge in [0.2, 0.25) is 0 Å². The van der Waals surface area contributed by atoms with E-state index in [4.69, 9.17) is 0 Å². The average Bonchev–Trinajstić information content (AvgIpc) is 2.73. The summed E-state index contributed by atoms with van der Waals surface area (Å²) in [6, 6.07) is 0. The Hall–Kier alpha value is -0.350. The first kappa shape index (κ1) is 8.26. The zero-order chi connectivity index (χ0) is 8.44. The van der Waals surface area contributed by atoms with E-state index in [2.05, 4.69) is 49.0 Å². The first-order chi connectivity index (χ1) is 5.81. The van der Waals surface area contributed by atoms with Crippen LogP contribution in [-0.2, 0) is 0 Å². The Morgan fingerprint density at radius 1 is 1.17 bits per heavy atom. The molecule has 0 saturated heterocycles. The quantitative estimate of drug-likeness (QED) is 0.495. The average molecular weight is 176 g/mol. The molecular formula is C11H13P. The summed E-state index contributed by atoms with van der Waals surface area (Å²) in [5.41, 5.74) is 0.361. The molecule has 1 atom stereocenters. The largest absolute Gasteiger partial charge is 0.0773 e.